The molecule has 0 bridgehead atoms. The maximum atomic E-state index is 10.6. The monoisotopic (exact) mass is 160 g/mol. The predicted octanol–water partition coefficient (Wildman–Crippen LogP) is 0.958. The van der Waals surface area contributed by atoms with Crippen LogP contribution in [0.15, 0.2) is 0 Å². The van der Waals surface area contributed by atoms with Gasteiger partial charge < -0.3 is 9.84 Å². The van der Waals surface area contributed by atoms with E-state index in [1.807, 2.05) is 6.92 Å². The first-order chi connectivity index (χ1) is 5.20. The summed E-state index contributed by atoms with van der Waals surface area (Å²) < 4.78 is 4.48. The van der Waals surface area contributed by atoms with Crippen molar-refractivity contribution < 1.29 is 14.6 Å². The smallest absolute Gasteiger partial charge is 0.305 e. The topological polar surface area (TPSA) is 46.5 Å². The highest BCUT2D eigenvalue weighted by atomic mass is 16.5. The molecule has 0 heterocycles. The van der Waals surface area contributed by atoms with Crippen LogP contribution < -0.4 is 0 Å². The van der Waals surface area contributed by atoms with Crippen LogP contribution in [0.2, 0.25) is 0 Å². The van der Waals surface area contributed by atoms with Gasteiger partial charge in [-0.05, 0) is 18.8 Å². The van der Waals surface area contributed by atoms with Gasteiger partial charge in [0.2, 0.25) is 0 Å². The number of rotatable bonds is 5. The summed E-state index contributed by atoms with van der Waals surface area (Å²) in [5, 5.41) is 8.54. The molecule has 0 spiro atoms. The lowest BCUT2D eigenvalue weighted by atomic mass is 10.0. The van der Waals surface area contributed by atoms with E-state index in [9.17, 15) is 4.79 Å². The fraction of sp³-hybridized carbons (Fsp3) is 0.875. The molecule has 11 heavy (non-hydrogen) atoms. The molecule has 0 radical (unpaired) electrons. The first-order valence-electron chi connectivity index (χ1n) is 3.88. The van der Waals surface area contributed by atoms with E-state index in [1.165, 1.54) is 7.11 Å². The normalized spacial score (nSPS) is 12.6. The highest BCUT2D eigenvalue weighted by molar-refractivity contribution is 5.69. The van der Waals surface area contributed by atoms with Crippen LogP contribution in [0, 0.1) is 5.92 Å². The Morgan fingerprint density at radius 3 is 2.64 bits per heavy atom. The summed E-state index contributed by atoms with van der Waals surface area (Å²) in [4.78, 5) is 10.6. The van der Waals surface area contributed by atoms with Gasteiger partial charge in [0, 0.05) is 13.0 Å². The van der Waals surface area contributed by atoms with E-state index in [2.05, 4.69) is 4.74 Å². The first kappa shape index (κ1) is 10.4. The molecule has 0 unspecified atom stereocenters. The average molecular weight is 160 g/mol. The Morgan fingerprint density at radius 1 is 1.55 bits per heavy atom. The van der Waals surface area contributed by atoms with E-state index in [0.29, 0.717) is 12.3 Å². The van der Waals surface area contributed by atoms with Crippen molar-refractivity contribution in [3.05, 3.63) is 0 Å². The Bertz CT molecular complexity index is 112. The third-order valence-electron chi connectivity index (χ3n) is 1.69. The van der Waals surface area contributed by atoms with Crippen LogP contribution in [-0.2, 0) is 9.53 Å². The van der Waals surface area contributed by atoms with E-state index < -0.39 is 0 Å². The number of aliphatic hydroxyl groups excluding tert-OH is 1. The summed E-state index contributed by atoms with van der Waals surface area (Å²) in [6, 6.07) is 0. The highest BCUT2D eigenvalue weighted by Crippen LogP contribution is 2.09. The van der Waals surface area contributed by atoms with Crippen molar-refractivity contribution in [1.82, 2.24) is 0 Å². The second kappa shape index (κ2) is 6.16. The molecule has 1 N–H and O–H groups in total. The fourth-order valence-corrected chi connectivity index (χ4v) is 0.831. The van der Waals surface area contributed by atoms with E-state index in [0.717, 1.165) is 12.8 Å². The number of esters is 1. The zero-order valence-corrected chi connectivity index (χ0v) is 7.17. The van der Waals surface area contributed by atoms with Gasteiger partial charge in [-0.1, -0.05) is 6.92 Å². The van der Waals surface area contributed by atoms with Crippen LogP contribution in [0.3, 0.4) is 0 Å². The number of hydrogen-bond donors (Lipinski definition) is 1. The molecular weight excluding hydrogens is 144 g/mol. The summed E-state index contributed by atoms with van der Waals surface area (Å²) in [6.45, 7) is 2.21. The SMILES string of the molecule is COC(=O)CC[C@@H](C)CCO. The molecule has 0 fully saturated rings. The average Bonchev–Trinajstić information content (AvgIpc) is 2.01. The van der Waals surface area contributed by atoms with Crippen molar-refractivity contribution in [3.8, 4) is 0 Å². The van der Waals surface area contributed by atoms with Gasteiger partial charge in [0.15, 0.2) is 0 Å². The number of carbonyl (C=O) groups is 1. The second-order valence-corrected chi connectivity index (χ2v) is 2.73. The van der Waals surface area contributed by atoms with Crippen LogP contribution in [0.1, 0.15) is 26.2 Å². The number of aliphatic hydroxyl groups is 1. The largest absolute Gasteiger partial charge is 0.469 e. The molecule has 66 valence electrons. The van der Waals surface area contributed by atoms with Gasteiger partial charge in [-0.25, -0.2) is 0 Å². The number of methoxy groups -OCH3 is 1. The van der Waals surface area contributed by atoms with Crippen molar-refractivity contribution >= 4 is 5.97 Å². The van der Waals surface area contributed by atoms with Crippen LogP contribution >= 0.6 is 0 Å². The minimum atomic E-state index is -0.171. The van der Waals surface area contributed by atoms with Gasteiger partial charge in [0.1, 0.15) is 0 Å². The quantitative estimate of drug-likeness (QED) is 0.609. The van der Waals surface area contributed by atoms with Gasteiger partial charge >= 0.3 is 5.97 Å². The van der Waals surface area contributed by atoms with Crippen molar-refractivity contribution in [2.24, 2.45) is 5.92 Å². The van der Waals surface area contributed by atoms with Gasteiger partial charge in [0.25, 0.3) is 0 Å². The zero-order chi connectivity index (χ0) is 8.69. The molecule has 0 rings (SSSR count). The minimum absolute atomic E-state index is 0.171. The Kier molecular flexibility index (Phi) is 5.84. The van der Waals surface area contributed by atoms with Crippen LogP contribution in [0.4, 0.5) is 0 Å². The molecule has 1 atom stereocenters. The lowest BCUT2D eigenvalue weighted by Crippen LogP contribution is -2.05. The molecule has 0 amide bonds. The second-order valence-electron chi connectivity index (χ2n) is 2.73. The highest BCUT2D eigenvalue weighted by Gasteiger charge is 2.05. The van der Waals surface area contributed by atoms with Gasteiger partial charge in [-0.15, -0.1) is 0 Å². The summed E-state index contributed by atoms with van der Waals surface area (Å²) >= 11 is 0. The Morgan fingerprint density at radius 2 is 2.18 bits per heavy atom. The molecule has 3 nitrogen and oxygen atoms in total. The first-order valence-corrected chi connectivity index (χ1v) is 3.88. The van der Waals surface area contributed by atoms with Gasteiger partial charge in [-0.2, -0.15) is 0 Å². The van der Waals surface area contributed by atoms with Gasteiger partial charge in [-0.3, -0.25) is 4.79 Å². The summed E-state index contributed by atoms with van der Waals surface area (Å²) in [6.07, 6.45) is 2.02. The molecule has 3 heteroatoms. The molecule has 0 aliphatic rings. The summed E-state index contributed by atoms with van der Waals surface area (Å²) in [5.74, 6) is 0.230. The zero-order valence-electron chi connectivity index (χ0n) is 7.17. The Hall–Kier alpha value is -0.570. The van der Waals surface area contributed by atoms with Crippen LogP contribution in [-0.4, -0.2) is 24.8 Å². The number of ether oxygens (including phenoxy) is 1. The van der Waals surface area contributed by atoms with Crippen molar-refractivity contribution in [2.45, 2.75) is 26.2 Å². The molecule has 0 aromatic rings. The third kappa shape index (κ3) is 5.85. The molecular formula is C8H16O3. The lowest BCUT2D eigenvalue weighted by Gasteiger charge is -2.07. The predicted molar refractivity (Wildman–Crippen MR) is 42.1 cm³/mol. The van der Waals surface area contributed by atoms with E-state index >= 15 is 0 Å². The molecule has 0 saturated heterocycles. The van der Waals surface area contributed by atoms with E-state index in [-0.39, 0.29) is 12.6 Å². The molecule has 0 saturated carbocycles. The summed E-state index contributed by atoms with van der Waals surface area (Å²) in [7, 11) is 1.39. The molecule has 0 aliphatic carbocycles. The maximum absolute atomic E-state index is 10.6. The fourth-order valence-electron chi connectivity index (χ4n) is 0.831. The maximum Gasteiger partial charge on any atom is 0.305 e. The van der Waals surface area contributed by atoms with Crippen LogP contribution in [0.5, 0.6) is 0 Å². The van der Waals surface area contributed by atoms with Crippen molar-refractivity contribution in [3.63, 3.8) is 0 Å². The molecule has 0 aliphatic heterocycles. The number of hydrogen-bond acceptors (Lipinski definition) is 3. The number of carbonyl (C=O) groups excluding carboxylic acids is 1. The van der Waals surface area contributed by atoms with E-state index in [1.54, 1.807) is 0 Å². The third-order valence-corrected chi connectivity index (χ3v) is 1.69. The Labute approximate surface area is 67.4 Å². The van der Waals surface area contributed by atoms with Crippen molar-refractivity contribution in [1.29, 1.82) is 0 Å². The molecule has 0 aromatic carbocycles. The standard InChI is InChI=1S/C8H16O3/c1-7(5-6-9)3-4-8(10)11-2/h7,9H,3-6H2,1-2H3/t7-/m1/s1. The lowest BCUT2D eigenvalue weighted by molar-refractivity contribution is -0.140. The van der Waals surface area contributed by atoms with Crippen molar-refractivity contribution in [2.75, 3.05) is 13.7 Å². The molecule has 0 aromatic heterocycles. The van der Waals surface area contributed by atoms with Gasteiger partial charge in [0.05, 0.1) is 7.11 Å². The van der Waals surface area contributed by atoms with E-state index in [4.69, 9.17) is 5.11 Å². The Balaban J connectivity index is 3.29. The summed E-state index contributed by atoms with van der Waals surface area (Å²) in [5.41, 5.74) is 0. The van der Waals surface area contributed by atoms with Crippen LogP contribution in [0.25, 0.3) is 0 Å². The minimum Gasteiger partial charge on any atom is -0.469 e.